The van der Waals surface area contributed by atoms with Gasteiger partial charge in [-0.1, -0.05) is 51.1 Å². The average molecular weight is 425 g/mol. The first-order valence-corrected chi connectivity index (χ1v) is 10.6. The summed E-state index contributed by atoms with van der Waals surface area (Å²) in [6, 6.07) is 9.14. The molecule has 5 nitrogen and oxygen atoms in total. The Morgan fingerprint density at radius 3 is 2.55 bits per heavy atom. The van der Waals surface area contributed by atoms with Crippen molar-refractivity contribution in [3.8, 4) is 0 Å². The molecule has 0 aliphatic carbocycles. The van der Waals surface area contributed by atoms with Crippen molar-refractivity contribution < 1.29 is 19.1 Å². The van der Waals surface area contributed by atoms with Crippen molar-refractivity contribution in [1.29, 1.82) is 0 Å². The minimum absolute atomic E-state index is 0.179. The number of hydrogen-bond donors (Lipinski definition) is 3. The van der Waals surface area contributed by atoms with Gasteiger partial charge in [-0.2, -0.15) is 0 Å². The molecule has 2 aromatic rings. The summed E-state index contributed by atoms with van der Waals surface area (Å²) in [6.45, 7) is 9.77. The maximum atomic E-state index is 15.4. The van der Waals surface area contributed by atoms with Crippen LogP contribution in [-0.4, -0.2) is 29.1 Å². The second kappa shape index (κ2) is 7.16. The molecular weight excluding hydrogens is 395 g/mol. The molecule has 1 amide bonds. The van der Waals surface area contributed by atoms with Crippen molar-refractivity contribution in [2.24, 2.45) is 5.41 Å². The van der Waals surface area contributed by atoms with Gasteiger partial charge in [0.2, 0.25) is 5.91 Å². The third-order valence-corrected chi connectivity index (χ3v) is 6.64. The molecule has 2 aliphatic rings. The Kier molecular flexibility index (Phi) is 4.97. The highest BCUT2D eigenvalue weighted by atomic mass is 19.1. The van der Waals surface area contributed by atoms with E-state index in [0.29, 0.717) is 17.7 Å². The summed E-state index contributed by atoms with van der Waals surface area (Å²) in [4.78, 5) is 26.1. The molecule has 164 valence electrons. The summed E-state index contributed by atoms with van der Waals surface area (Å²) >= 11 is 0. The number of carbonyl (C=O) groups excluding carboxylic acids is 1. The molecule has 0 bridgehead atoms. The summed E-state index contributed by atoms with van der Waals surface area (Å²) < 4.78 is 15.4. The largest absolute Gasteiger partial charge is 0.480 e. The van der Waals surface area contributed by atoms with Crippen molar-refractivity contribution in [2.75, 3.05) is 5.32 Å². The Hall–Kier alpha value is -2.73. The van der Waals surface area contributed by atoms with Gasteiger partial charge in [-0.05, 0) is 54.0 Å². The minimum atomic E-state index is -1.23. The fourth-order valence-electron chi connectivity index (χ4n) is 5.43. The number of carboxylic acids is 1. The second-order valence-corrected chi connectivity index (χ2v) is 10.1. The fourth-order valence-corrected chi connectivity index (χ4v) is 5.43. The molecule has 1 spiro atoms. The van der Waals surface area contributed by atoms with Crippen molar-refractivity contribution in [1.82, 2.24) is 5.32 Å². The van der Waals surface area contributed by atoms with Crippen LogP contribution >= 0.6 is 0 Å². The Morgan fingerprint density at radius 2 is 1.90 bits per heavy atom. The van der Waals surface area contributed by atoms with Gasteiger partial charge in [0.1, 0.15) is 17.3 Å². The monoisotopic (exact) mass is 424 g/mol. The van der Waals surface area contributed by atoms with Crippen LogP contribution in [0.4, 0.5) is 10.1 Å². The summed E-state index contributed by atoms with van der Waals surface area (Å²) in [5.74, 6) is -2.70. The van der Waals surface area contributed by atoms with Crippen molar-refractivity contribution in [2.45, 2.75) is 64.5 Å². The summed E-state index contributed by atoms with van der Waals surface area (Å²) in [7, 11) is 0. The van der Waals surface area contributed by atoms with Crippen LogP contribution in [0.2, 0.25) is 0 Å². The van der Waals surface area contributed by atoms with Crippen molar-refractivity contribution in [3.05, 3.63) is 64.5 Å². The predicted octanol–water partition coefficient (Wildman–Crippen LogP) is 4.28. The third-order valence-electron chi connectivity index (χ3n) is 6.64. The Bertz CT molecular complexity index is 1070. The van der Waals surface area contributed by atoms with E-state index in [9.17, 15) is 14.7 Å². The van der Waals surface area contributed by atoms with Crippen molar-refractivity contribution >= 4 is 17.6 Å². The number of fused-ring (bicyclic) bond motifs is 2. The lowest BCUT2D eigenvalue weighted by Crippen LogP contribution is -2.49. The van der Waals surface area contributed by atoms with E-state index in [1.165, 1.54) is 0 Å². The molecule has 3 N–H and O–H groups in total. The van der Waals surface area contributed by atoms with Crippen molar-refractivity contribution in [3.63, 3.8) is 0 Å². The van der Waals surface area contributed by atoms with Gasteiger partial charge in [-0.25, -0.2) is 4.39 Å². The fraction of sp³-hybridized carbons (Fsp3) is 0.440. The Labute approximate surface area is 182 Å². The molecule has 0 aromatic heterocycles. The van der Waals surface area contributed by atoms with E-state index < -0.39 is 35.2 Å². The van der Waals surface area contributed by atoms with Gasteiger partial charge < -0.3 is 10.4 Å². The number of carbonyl (C=O) groups is 2. The van der Waals surface area contributed by atoms with Crippen LogP contribution in [0.1, 0.15) is 55.4 Å². The number of halogens is 1. The highest BCUT2D eigenvalue weighted by molar-refractivity contribution is 6.09. The second-order valence-electron chi connectivity index (χ2n) is 10.1. The molecular formula is C25H29FN2O3. The van der Waals surface area contributed by atoms with Gasteiger partial charge in [0.05, 0.1) is 0 Å². The topological polar surface area (TPSA) is 78.4 Å². The Balaban J connectivity index is 2.04. The molecule has 0 saturated carbocycles. The molecule has 1 fully saturated rings. The maximum Gasteiger partial charge on any atom is 0.321 e. The van der Waals surface area contributed by atoms with Gasteiger partial charge >= 0.3 is 5.97 Å². The SMILES string of the molecule is Cc1ccc2c(c1)NC(=O)[C@@]21C(CC(C)(C)C)N[C@@H](C(=O)O)C1c1cccc(C)c1F. The van der Waals surface area contributed by atoms with Gasteiger partial charge in [-0.3, -0.25) is 14.9 Å². The first-order chi connectivity index (χ1) is 14.5. The van der Waals surface area contributed by atoms with Crippen LogP contribution in [0.15, 0.2) is 36.4 Å². The molecule has 4 atom stereocenters. The quantitative estimate of drug-likeness (QED) is 0.687. The van der Waals surface area contributed by atoms with E-state index in [2.05, 4.69) is 31.4 Å². The molecule has 2 unspecified atom stereocenters. The molecule has 1 saturated heterocycles. The van der Waals surface area contributed by atoms with Crippen LogP contribution in [0.25, 0.3) is 0 Å². The van der Waals surface area contributed by atoms with Gasteiger partial charge in [-0.15, -0.1) is 0 Å². The predicted molar refractivity (Wildman–Crippen MR) is 118 cm³/mol. The zero-order valence-electron chi connectivity index (χ0n) is 18.5. The van der Waals surface area contributed by atoms with Gasteiger partial charge in [0, 0.05) is 17.6 Å². The van der Waals surface area contributed by atoms with E-state index in [0.717, 1.165) is 11.1 Å². The van der Waals surface area contributed by atoms with Gasteiger partial charge in [0.15, 0.2) is 0 Å². The van der Waals surface area contributed by atoms with Gasteiger partial charge in [0.25, 0.3) is 0 Å². The summed E-state index contributed by atoms with van der Waals surface area (Å²) in [5.41, 5.74) is 1.69. The normalized spacial score (nSPS) is 27.4. The summed E-state index contributed by atoms with van der Waals surface area (Å²) in [6.07, 6.45) is 0.557. The number of benzene rings is 2. The van der Waals surface area contributed by atoms with E-state index in [4.69, 9.17) is 0 Å². The number of nitrogens with one attached hydrogen (secondary N) is 2. The van der Waals surface area contributed by atoms with E-state index in [1.54, 1.807) is 25.1 Å². The molecule has 2 heterocycles. The van der Waals surface area contributed by atoms with Crippen LogP contribution < -0.4 is 10.6 Å². The number of aryl methyl sites for hydroxylation is 2. The minimum Gasteiger partial charge on any atom is -0.480 e. The molecule has 4 rings (SSSR count). The van der Waals surface area contributed by atoms with Crippen LogP contribution in [0.3, 0.4) is 0 Å². The maximum absolute atomic E-state index is 15.4. The first-order valence-electron chi connectivity index (χ1n) is 10.6. The van der Waals surface area contributed by atoms with E-state index in [-0.39, 0.29) is 16.9 Å². The van der Waals surface area contributed by atoms with Crippen LogP contribution in [0.5, 0.6) is 0 Å². The lowest BCUT2D eigenvalue weighted by atomic mass is 9.62. The van der Waals surface area contributed by atoms with Crippen LogP contribution in [0, 0.1) is 25.1 Å². The molecule has 0 radical (unpaired) electrons. The number of aliphatic carboxylic acids is 1. The zero-order chi connectivity index (χ0) is 22.7. The molecule has 6 heteroatoms. The van der Waals surface area contributed by atoms with E-state index >= 15 is 4.39 Å². The number of amides is 1. The third kappa shape index (κ3) is 3.24. The molecule has 31 heavy (non-hydrogen) atoms. The number of anilines is 1. The standard InChI is InChI=1S/C25H29FN2O3/c1-13-9-10-16-17(11-13)27-23(31)25(16)18(12-24(3,4)5)28-21(22(29)30)19(25)15-8-6-7-14(2)20(15)26/h6-11,18-19,21,28H,12H2,1-5H3,(H,27,31)(H,29,30)/t18?,19?,21-,25-/m1/s1. The summed E-state index contributed by atoms with van der Waals surface area (Å²) in [5, 5.41) is 16.3. The highest BCUT2D eigenvalue weighted by Gasteiger charge is 2.66. The zero-order valence-corrected chi connectivity index (χ0v) is 18.5. The first kappa shape index (κ1) is 21.5. The lowest BCUT2D eigenvalue weighted by molar-refractivity contribution is -0.139. The Morgan fingerprint density at radius 1 is 1.19 bits per heavy atom. The van der Waals surface area contributed by atoms with Crippen LogP contribution in [-0.2, 0) is 15.0 Å². The number of carboxylic acid groups (broad SMARTS) is 1. The highest BCUT2D eigenvalue weighted by Crippen LogP contribution is 2.56. The lowest BCUT2D eigenvalue weighted by Gasteiger charge is -2.37. The smallest absolute Gasteiger partial charge is 0.321 e. The number of rotatable bonds is 3. The molecule has 2 aliphatic heterocycles. The number of hydrogen-bond acceptors (Lipinski definition) is 3. The molecule has 2 aromatic carbocycles. The average Bonchev–Trinajstić information content (AvgIpc) is 3.12. The van der Waals surface area contributed by atoms with E-state index in [1.807, 2.05) is 25.1 Å².